The molecule has 0 aromatic rings. The van der Waals surface area contributed by atoms with Gasteiger partial charge in [-0.2, -0.15) is 0 Å². The van der Waals surface area contributed by atoms with Crippen molar-refractivity contribution in [3.63, 3.8) is 0 Å². The van der Waals surface area contributed by atoms with E-state index in [2.05, 4.69) is 26.1 Å². The molecule has 1 nitrogen and oxygen atoms in total. The van der Waals surface area contributed by atoms with Crippen LogP contribution in [0.4, 0.5) is 0 Å². The second kappa shape index (κ2) is 5.64. The third-order valence-corrected chi connectivity index (χ3v) is 3.52. The van der Waals surface area contributed by atoms with Gasteiger partial charge in [0.05, 0.1) is 0 Å². The molecule has 0 spiro atoms. The van der Waals surface area contributed by atoms with E-state index in [0.29, 0.717) is 6.04 Å². The number of rotatable bonds is 4. The van der Waals surface area contributed by atoms with Gasteiger partial charge in [-0.05, 0) is 39.0 Å². The van der Waals surface area contributed by atoms with Crippen LogP contribution in [0.25, 0.3) is 0 Å². The van der Waals surface area contributed by atoms with Gasteiger partial charge in [0.25, 0.3) is 0 Å². The molecular weight excluding hydrogens is 158 g/mol. The Balaban J connectivity index is 2.24. The Morgan fingerprint density at radius 2 is 1.77 bits per heavy atom. The molecule has 0 aliphatic heterocycles. The first-order chi connectivity index (χ1) is 6.24. The maximum absolute atomic E-state index is 3.70. The van der Waals surface area contributed by atoms with E-state index in [9.17, 15) is 0 Å². The van der Waals surface area contributed by atoms with Gasteiger partial charge in [0, 0.05) is 12.1 Å². The smallest absolute Gasteiger partial charge is 0.00694 e. The molecule has 1 saturated carbocycles. The van der Waals surface area contributed by atoms with Crippen molar-refractivity contribution in [1.29, 1.82) is 0 Å². The molecule has 78 valence electrons. The van der Waals surface area contributed by atoms with E-state index in [0.717, 1.165) is 12.0 Å². The summed E-state index contributed by atoms with van der Waals surface area (Å²) in [5.41, 5.74) is 0. The third-order valence-electron chi connectivity index (χ3n) is 3.52. The Labute approximate surface area is 83.3 Å². The molecule has 1 N–H and O–H groups in total. The second-order valence-corrected chi connectivity index (χ2v) is 4.66. The highest BCUT2D eigenvalue weighted by molar-refractivity contribution is 4.77. The molecule has 1 fully saturated rings. The molecule has 13 heavy (non-hydrogen) atoms. The van der Waals surface area contributed by atoms with Gasteiger partial charge in [0.15, 0.2) is 0 Å². The van der Waals surface area contributed by atoms with Crippen molar-refractivity contribution in [2.75, 3.05) is 0 Å². The molecule has 0 heterocycles. The van der Waals surface area contributed by atoms with Crippen molar-refractivity contribution in [1.82, 2.24) is 5.32 Å². The largest absolute Gasteiger partial charge is 0.312 e. The van der Waals surface area contributed by atoms with Gasteiger partial charge in [0.2, 0.25) is 0 Å². The first-order valence-electron chi connectivity index (χ1n) is 6.00. The molecule has 0 aromatic carbocycles. The van der Waals surface area contributed by atoms with E-state index in [1.165, 1.54) is 38.5 Å². The van der Waals surface area contributed by atoms with Crippen LogP contribution >= 0.6 is 0 Å². The number of hydrogen-bond acceptors (Lipinski definition) is 1. The highest BCUT2D eigenvalue weighted by Crippen LogP contribution is 2.26. The molecule has 0 unspecified atom stereocenters. The van der Waals surface area contributed by atoms with Crippen molar-refractivity contribution in [2.45, 2.75) is 71.4 Å². The van der Waals surface area contributed by atoms with Crippen LogP contribution < -0.4 is 5.32 Å². The number of nitrogens with one attached hydrogen (secondary N) is 1. The van der Waals surface area contributed by atoms with Gasteiger partial charge in [0.1, 0.15) is 0 Å². The quantitative estimate of drug-likeness (QED) is 0.705. The van der Waals surface area contributed by atoms with E-state index in [-0.39, 0.29) is 0 Å². The minimum absolute atomic E-state index is 0.692. The fourth-order valence-corrected chi connectivity index (χ4v) is 2.34. The van der Waals surface area contributed by atoms with Gasteiger partial charge in [-0.1, -0.05) is 26.2 Å². The molecule has 2 atom stereocenters. The van der Waals surface area contributed by atoms with Gasteiger partial charge in [-0.3, -0.25) is 0 Å². The van der Waals surface area contributed by atoms with Crippen LogP contribution in [0.3, 0.4) is 0 Å². The first kappa shape index (κ1) is 11.0. The molecule has 0 radical (unpaired) electrons. The minimum atomic E-state index is 0.692. The third kappa shape index (κ3) is 3.68. The van der Waals surface area contributed by atoms with E-state index >= 15 is 0 Å². The molecular formula is C12H25N. The average molecular weight is 183 g/mol. The van der Waals surface area contributed by atoms with Crippen molar-refractivity contribution in [2.24, 2.45) is 5.92 Å². The fraction of sp³-hybridized carbons (Fsp3) is 1.00. The monoisotopic (exact) mass is 183 g/mol. The van der Waals surface area contributed by atoms with Crippen molar-refractivity contribution >= 4 is 0 Å². The predicted octanol–water partition coefficient (Wildman–Crippen LogP) is 3.34. The van der Waals surface area contributed by atoms with Crippen LogP contribution in [0.15, 0.2) is 0 Å². The Bertz CT molecular complexity index is 127. The molecule has 1 heteroatoms. The van der Waals surface area contributed by atoms with Crippen LogP contribution in [-0.2, 0) is 0 Å². The standard InChI is InChI=1S/C12H25N/c1-4-10(2)13-11(3)12-8-6-5-7-9-12/h10-13H,4-9H2,1-3H3/t10-,11-/m1/s1. The maximum atomic E-state index is 3.70. The topological polar surface area (TPSA) is 12.0 Å². The highest BCUT2D eigenvalue weighted by atomic mass is 14.9. The summed E-state index contributed by atoms with van der Waals surface area (Å²) in [7, 11) is 0. The summed E-state index contributed by atoms with van der Waals surface area (Å²) in [4.78, 5) is 0. The lowest BCUT2D eigenvalue weighted by Crippen LogP contribution is -2.39. The van der Waals surface area contributed by atoms with Gasteiger partial charge < -0.3 is 5.32 Å². The molecule has 1 rings (SSSR count). The second-order valence-electron chi connectivity index (χ2n) is 4.66. The lowest BCUT2D eigenvalue weighted by Gasteiger charge is -2.30. The summed E-state index contributed by atoms with van der Waals surface area (Å²) >= 11 is 0. The summed E-state index contributed by atoms with van der Waals surface area (Å²) in [5, 5.41) is 3.70. The van der Waals surface area contributed by atoms with Crippen molar-refractivity contribution in [3.8, 4) is 0 Å². The van der Waals surface area contributed by atoms with Crippen LogP contribution in [0.5, 0.6) is 0 Å². The normalized spacial score (nSPS) is 24.2. The first-order valence-corrected chi connectivity index (χ1v) is 6.00. The van der Waals surface area contributed by atoms with E-state index in [4.69, 9.17) is 0 Å². The molecule has 0 saturated heterocycles. The maximum Gasteiger partial charge on any atom is 0.00694 e. The van der Waals surface area contributed by atoms with Crippen molar-refractivity contribution in [3.05, 3.63) is 0 Å². The van der Waals surface area contributed by atoms with Crippen molar-refractivity contribution < 1.29 is 0 Å². The molecule has 0 amide bonds. The molecule has 0 aromatic heterocycles. The van der Waals surface area contributed by atoms with E-state index < -0.39 is 0 Å². The highest BCUT2D eigenvalue weighted by Gasteiger charge is 2.20. The SMILES string of the molecule is CC[C@@H](C)N[C@H](C)C1CCCCC1. The van der Waals surface area contributed by atoms with Crippen LogP contribution in [-0.4, -0.2) is 12.1 Å². The summed E-state index contributed by atoms with van der Waals surface area (Å²) in [6.07, 6.45) is 8.52. The van der Waals surface area contributed by atoms with Gasteiger partial charge >= 0.3 is 0 Å². The van der Waals surface area contributed by atoms with Crippen LogP contribution in [0.1, 0.15) is 59.3 Å². The molecule has 0 bridgehead atoms. The van der Waals surface area contributed by atoms with Gasteiger partial charge in [-0.25, -0.2) is 0 Å². The Morgan fingerprint density at radius 3 is 2.31 bits per heavy atom. The van der Waals surface area contributed by atoms with E-state index in [1.54, 1.807) is 0 Å². The zero-order valence-electron chi connectivity index (χ0n) is 9.47. The summed E-state index contributed by atoms with van der Waals surface area (Å²) in [6.45, 7) is 6.91. The predicted molar refractivity (Wildman–Crippen MR) is 58.9 cm³/mol. The fourth-order valence-electron chi connectivity index (χ4n) is 2.34. The Kier molecular flexibility index (Phi) is 4.79. The van der Waals surface area contributed by atoms with E-state index in [1.807, 2.05) is 0 Å². The summed E-state index contributed by atoms with van der Waals surface area (Å²) < 4.78 is 0. The number of hydrogen-bond donors (Lipinski definition) is 1. The minimum Gasteiger partial charge on any atom is -0.312 e. The van der Waals surface area contributed by atoms with Gasteiger partial charge in [-0.15, -0.1) is 0 Å². The lowest BCUT2D eigenvalue weighted by atomic mass is 9.84. The summed E-state index contributed by atoms with van der Waals surface area (Å²) in [6, 6.07) is 1.42. The summed E-state index contributed by atoms with van der Waals surface area (Å²) in [5.74, 6) is 0.947. The molecule has 1 aliphatic carbocycles. The average Bonchev–Trinajstić information content (AvgIpc) is 2.19. The molecule has 1 aliphatic rings. The lowest BCUT2D eigenvalue weighted by molar-refractivity contribution is 0.266. The van der Waals surface area contributed by atoms with Crippen LogP contribution in [0, 0.1) is 5.92 Å². The Morgan fingerprint density at radius 1 is 1.15 bits per heavy atom. The Hall–Kier alpha value is -0.0400. The zero-order valence-corrected chi connectivity index (χ0v) is 9.47. The zero-order chi connectivity index (χ0) is 9.68. The van der Waals surface area contributed by atoms with Crippen LogP contribution in [0.2, 0.25) is 0 Å².